The molecule has 1 fully saturated rings. The lowest BCUT2D eigenvalue weighted by molar-refractivity contribution is -0.148. The second-order valence-electron chi connectivity index (χ2n) is 2.40. The molecule has 0 aromatic carbocycles. The summed E-state index contributed by atoms with van der Waals surface area (Å²) in [6, 6.07) is 0. The number of carbonyl (C=O) groups excluding carboxylic acids is 1. The summed E-state index contributed by atoms with van der Waals surface area (Å²) < 4.78 is 26.5. The third kappa shape index (κ3) is 2.51. The van der Waals surface area contributed by atoms with Crippen molar-refractivity contribution in [2.45, 2.75) is 3.93 Å². The number of carbonyl (C=O) groups is 1. The molecule has 1 amide bonds. The summed E-state index contributed by atoms with van der Waals surface area (Å²) in [5, 5.41) is 0. The molecule has 3 nitrogen and oxygen atoms in total. The molecule has 0 aliphatic carbocycles. The van der Waals surface area contributed by atoms with Crippen LogP contribution in [0.4, 0.5) is 8.78 Å². The van der Waals surface area contributed by atoms with Crippen LogP contribution in [0.5, 0.6) is 0 Å². The van der Waals surface area contributed by atoms with Crippen molar-refractivity contribution in [2.75, 3.05) is 26.3 Å². The van der Waals surface area contributed by atoms with Crippen LogP contribution < -0.4 is 0 Å². The molecular formula is C6H8F2INO2. The molecule has 6 heteroatoms. The summed E-state index contributed by atoms with van der Waals surface area (Å²) >= 11 is 0.840. The second-order valence-corrected chi connectivity index (χ2v) is 3.76. The van der Waals surface area contributed by atoms with Crippen LogP contribution >= 0.6 is 22.6 Å². The predicted octanol–water partition coefficient (Wildman–Crippen LogP) is 0.873. The summed E-state index contributed by atoms with van der Waals surface area (Å²) in [7, 11) is 0. The third-order valence-electron chi connectivity index (χ3n) is 1.54. The average Bonchev–Trinajstić information content (AvgIpc) is 2.03. The Morgan fingerprint density at radius 2 is 1.92 bits per heavy atom. The molecule has 0 saturated carbocycles. The van der Waals surface area contributed by atoms with Gasteiger partial charge in [-0.25, -0.2) is 0 Å². The number of rotatable bonds is 1. The summed E-state index contributed by atoms with van der Waals surface area (Å²) in [6.45, 7) is 1.21. The molecule has 0 aromatic rings. The molecule has 12 heavy (non-hydrogen) atoms. The first-order chi connectivity index (χ1) is 5.52. The minimum Gasteiger partial charge on any atom is -0.378 e. The highest BCUT2D eigenvalue weighted by Gasteiger charge is 2.39. The van der Waals surface area contributed by atoms with E-state index in [1.165, 1.54) is 0 Å². The van der Waals surface area contributed by atoms with Crippen molar-refractivity contribution >= 4 is 28.5 Å². The Hall–Kier alpha value is 0.0200. The molecule has 1 saturated heterocycles. The minimum absolute atomic E-state index is 0.261. The summed E-state index contributed by atoms with van der Waals surface area (Å²) in [4.78, 5) is 12.1. The fraction of sp³-hybridized carbons (Fsp3) is 0.833. The zero-order valence-corrected chi connectivity index (χ0v) is 8.38. The van der Waals surface area contributed by atoms with Gasteiger partial charge in [-0.3, -0.25) is 4.79 Å². The molecular weight excluding hydrogens is 283 g/mol. The smallest absolute Gasteiger partial charge is 0.372 e. The van der Waals surface area contributed by atoms with Crippen LogP contribution in [0, 0.1) is 0 Å². The van der Waals surface area contributed by atoms with Gasteiger partial charge in [-0.05, 0) is 0 Å². The molecule has 0 atom stereocenters. The van der Waals surface area contributed by atoms with Gasteiger partial charge in [-0.15, -0.1) is 0 Å². The minimum atomic E-state index is -3.28. The van der Waals surface area contributed by atoms with E-state index in [-0.39, 0.29) is 13.1 Å². The molecule has 0 unspecified atom stereocenters. The summed E-state index contributed by atoms with van der Waals surface area (Å²) in [5.74, 6) is -1.12. The van der Waals surface area contributed by atoms with Crippen LogP contribution in [0.2, 0.25) is 0 Å². The van der Waals surface area contributed by atoms with Gasteiger partial charge in [0, 0.05) is 35.7 Å². The molecule has 1 rings (SSSR count). The van der Waals surface area contributed by atoms with E-state index in [1.54, 1.807) is 0 Å². The van der Waals surface area contributed by atoms with E-state index < -0.39 is 9.84 Å². The number of alkyl halides is 3. The van der Waals surface area contributed by atoms with Crippen molar-refractivity contribution in [3.8, 4) is 0 Å². The molecule has 70 valence electrons. The Kier molecular flexibility index (Phi) is 3.22. The number of hydrogen-bond acceptors (Lipinski definition) is 2. The van der Waals surface area contributed by atoms with Crippen molar-refractivity contribution < 1.29 is 18.3 Å². The van der Waals surface area contributed by atoms with Gasteiger partial charge in [0.05, 0.1) is 13.2 Å². The Morgan fingerprint density at radius 3 is 2.33 bits per heavy atom. The highest BCUT2D eigenvalue weighted by atomic mass is 127. The second kappa shape index (κ2) is 3.82. The van der Waals surface area contributed by atoms with E-state index in [1.807, 2.05) is 0 Å². The van der Waals surface area contributed by atoms with Gasteiger partial charge in [0.1, 0.15) is 0 Å². The number of hydrogen-bond donors (Lipinski definition) is 0. The Balaban J connectivity index is 2.51. The molecule has 1 heterocycles. The lowest BCUT2D eigenvalue weighted by atomic mass is 10.4. The maximum atomic E-state index is 12.5. The third-order valence-corrected chi connectivity index (χ3v) is 2.00. The van der Waals surface area contributed by atoms with Crippen LogP contribution in [-0.2, 0) is 9.53 Å². The first kappa shape index (κ1) is 10.1. The first-order valence-corrected chi connectivity index (χ1v) is 4.53. The van der Waals surface area contributed by atoms with Crippen LogP contribution in [0.3, 0.4) is 0 Å². The molecule has 1 aliphatic heterocycles. The van der Waals surface area contributed by atoms with Crippen molar-refractivity contribution in [3.05, 3.63) is 0 Å². The van der Waals surface area contributed by atoms with Gasteiger partial charge < -0.3 is 9.64 Å². The SMILES string of the molecule is O=C(N1CCOCC1)C(F)(F)I. The quantitative estimate of drug-likeness (QED) is 0.530. The number of nitrogens with zero attached hydrogens (tertiary/aromatic N) is 1. The molecule has 0 radical (unpaired) electrons. The molecule has 0 aromatic heterocycles. The topological polar surface area (TPSA) is 29.5 Å². The highest BCUT2D eigenvalue weighted by Crippen LogP contribution is 2.25. The number of amides is 1. The van der Waals surface area contributed by atoms with Gasteiger partial charge in [-0.1, -0.05) is 0 Å². The number of halogens is 3. The highest BCUT2D eigenvalue weighted by molar-refractivity contribution is 14.1. The van der Waals surface area contributed by atoms with E-state index in [9.17, 15) is 13.6 Å². The Labute approximate surface area is 82.2 Å². The largest absolute Gasteiger partial charge is 0.378 e. The van der Waals surface area contributed by atoms with Crippen molar-refractivity contribution in [1.82, 2.24) is 4.90 Å². The monoisotopic (exact) mass is 291 g/mol. The molecule has 0 bridgehead atoms. The van der Waals surface area contributed by atoms with Gasteiger partial charge >= 0.3 is 9.84 Å². The molecule has 0 spiro atoms. The van der Waals surface area contributed by atoms with Crippen LogP contribution in [0.25, 0.3) is 0 Å². The van der Waals surface area contributed by atoms with E-state index in [4.69, 9.17) is 4.74 Å². The fourth-order valence-corrected chi connectivity index (χ4v) is 1.29. The average molecular weight is 291 g/mol. The molecule has 1 aliphatic rings. The van der Waals surface area contributed by atoms with E-state index >= 15 is 0 Å². The summed E-state index contributed by atoms with van der Waals surface area (Å²) in [6.07, 6.45) is 0. The van der Waals surface area contributed by atoms with Crippen LogP contribution in [0.15, 0.2) is 0 Å². The lowest BCUT2D eigenvalue weighted by Crippen LogP contribution is -2.46. The standard InChI is InChI=1S/C6H8F2INO2/c7-6(8,9)5(11)10-1-3-12-4-2-10/h1-4H2. The van der Waals surface area contributed by atoms with Gasteiger partial charge in [0.15, 0.2) is 0 Å². The lowest BCUT2D eigenvalue weighted by Gasteiger charge is -2.28. The van der Waals surface area contributed by atoms with Crippen LogP contribution in [-0.4, -0.2) is 41.0 Å². The predicted molar refractivity (Wildman–Crippen MR) is 46.4 cm³/mol. The Morgan fingerprint density at radius 1 is 1.42 bits per heavy atom. The number of ether oxygens (including phenoxy) is 1. The van der Waals surface area contributed by atoms with Gasteiger partial charge in [0.25, 0.3) is 0 Å². The van der Waals surface area contributed by atoms with Crippen molar-refractivity contribution in [1.29, 1.82) is 0 Å². The van der Waals surface area contributed by atoms with Gasteiger partial charge in [-0.2, -0.15) is 8.78 Å². The fourth-order valence-electron chi connectivity index (χ4n) is 0.946. The first-order valence-electron chi connectivity index (χ1n) is 3.45. The van der Waals surface area contributed by atoms with E-state index in [0.29, 0.717) is 13.2 Å². The summed E-state index contributed by atoms with van der Waals surface area (Å²) in [5.41, 5.74) is 0. The maximum Gasteiger partial charge on any atom is 0.372 e. The Bertz CT molecular complexity index is 177. The van der Waals surface area contributed by atoms with Crippen molar-refractivity contribution in [3.63, 3.8) is 0 Å². The molecule has 0 N–H and O–H groups in total. The van der Waals surface area contributed by atoms with E-state index in [0.717, 1.165) is 27.5 Å². The number of morpholine rings is 1. The van der Waals surface area contributed by atoms with Gasteiger partial charge in [0.2, 0.25) is 0 Å². The zero-order chi connectivity index (χ0) is 9.19. The zero-order valence-electron chi connectivity index (χ0n) is 6.23. The van der Waals surface area contributed by atoms with Crippen LogP contribution in [0.1, 0.15) is 0 Å². The maximum absolute atomic E-state index is 12.5. The normalized spacial score (nSPS) is 19.4. The van der Waals surface area contributed by atoms with Crippen molar-refractivity contribution in [2.24, 2.45) is 0 Å². The van der Waals surface area contributed by atoms with E-state index in [2.05, 4.69) is 0 Å².